The van der Waals surface area contributed by atoms with Gasteiger partial charge in [-0.2, -0.15) is 10.4 Å². The highest BCUT2D eigenvalue weighted by Crippen LogP contribution is 2.39. The van der Waals surface area contributed by atoms with Gasteiger partial charge in [0.05, 0.1) is 12.1 Å². The average Bonchev–Trinajstić information content (AvgIpc) is 3.15. The van der Waals surface area contributed by atoms with Gasteiger partial charge in [0.25, 0.3) is 11.5 Å². The third-order valence-corrected chi connectivity index (χ3v) is 6.63. The van der Waals surface area contributed by atoms with Crippen LogP contribution in [0.4, 0.5) is 5.00 Å². The number of carbonyl (C=O) groups excluding carboxylic acids is 2. The molecule has 0 saturated heterocycles. The molecular formula is C24H22N4O4S. The number of aromatic nitrogens is 2. The van der Waals surface area contributed by atoms with Crippen LogP contribution in [0.3, 0.4) is 0 Å². The van der Waals surface area contributed by atoms with Crippen molar-refractivity contribution in [1.82, 2.24) is 9.78 Å². The number of esters is 1. The highest BCUT2D eigenvalue weighted by atomic mass is 32.1. The van der Waals surface area contributed by atoms with Gasteiger partial charge >= 0.3 is 5.97 Å². The van der Waals surface area contributed by atoms with Crippen LogP contribution in [-0.2, 0) is 28.9 Å². The van der Waals surface area contributed by atoms with E-state index in [0.29, 0.717) is 16.5 Å². The summed E-state index contributed by atoms with van der Waals surface area (Å²) in [7, 11) is 0. The summed E-state index contributed by atoms with van der Waals surface area (Å²) in [5.41, 5.74) is 1.94. The third kappa shape index (κ3) is 5.18. The van der Waals surface area contributed by atoms with E-state index in [2.05, 4.69) is 23.4 Å². The van der Waals surface area contributed by atoms with Gasteiger partial charge in [0.15, 0.2) is 12.3 Å². The van der Waals surface area contributed by atoms with Gasteiger partial charge in [0.1, 0.15) is 11.1 Å². The van der Waals surface area contributed by atoms with E-state index in [9.17, 15) is 19.6 Å². The van der Waals surface area contributed by atoms with Crippen molar-refractivity contribution in [2.24, 2.45) is 5.92 Å². The number of hydrogen-bond donors (Lipinski definition) is 1. The molecule has 8 nitrogen and oxygen atoms in total. The molecule has 1 aliphatic carbocycles. The summed E-state index contributed by atoms with van der Waals surface area (Å²) >= 11 is 1.41. The Morgan fingerprint density at radius 1 is 1.27 bits per heavy atom. The summed E-state index contributed by atoms with van der Waals surface area (Å²) in [4.78, 5) is 38.0. The maximum absolute atomic E-state index is 12.4. The Morgan fingerprint density at radius 2 is 2.06 bits per heavy atom. The van der Waals surface area contributed by atoms with Crippen LogP contribution in [0.1, 0.15) is 45.4 Å². The minimum absolute atomic E-state index is 0.0726. The number of ether oxygens (including phenoxy) is 1. The smallest absolute Gasteiger partial charge is 0.359 e. The standard InChI is InChI=1S/C24H22N4O4S/c1-15-7-8-17-18(12-25)23(33-20(17)11-15)26-21(29)14-32-24(31)19-9-10-22(30)28(27-19)13-16-5-3-2-4-6-16/h2-6,9-10,15H,7-8,11,13-14H2,1H3,(H,26,29)/t15-/m0/s1. The molecule has 2 aromatic heterocycles. The number of nitrogens with zero attached hydrogens (tertiary/aromatic N) is 3. The molecular weight excluding hydrogens is 440 g/mol. The van der Waals surface area contributed by atoms with Crippen molar-refractivity contribution in [3.8, 4) is 6.07 Å². The van der Waals surface area contributed by atoms with Crippen molar-refractivity contribution >= 4 is 28.2 Å². The highest BCUT2D eigenvalue weighted by molar-refractivity contribution is 7.16. The first-order valence-electron chi connectivity index (χ1n) is 10.6. The first kappa shape index (κ1) is 22.4. The molecule has 1 atom stereocenters. The molecule has 0 radical (unpaired) electrons. The fourth-order valence-corrected chi connectivity index (χ4v) is 5.13. The zero-order valence-electron chi connectivity index (χ0n) is 18.0. The van der Waals surface area contributed by atoms with Gasteiger partial charge in [-0.15, -0.1) is 11.3 Å². The Hall–Kier alpha value is -3.77. The van der Waals surface area contributed by atoms with Gasteiger partial charge in [-0.05, 0) is 42.4 Å². The Kier molecular flexibility index (Phi) is 6.66. The molecule has 1 aromatic carbocycles. The Bertz CT molecular complexity index is 1290. The maximum Gasteiger partial charge on any atom is 0.359 e. The molecule has 1 aliphatic rings. The molecule has 9 heteroatoms. The van der Waals surface area contributed by atoms with Gasteiger partial charge in [-0.25, -0.2) is 9.48 Å². The van der Waals surface area contributed by atoms with E-state index >= 15 is 0 Å². The van der Waals surface area contributed by atoms with Crippen molar-refractivity contribution in [2.45, 2.75) is 32.7 Å². The van der Waals surface area contributed by atoms with Gasteiger partial charge in [-0.1, -0.05) is 37.3 Å². The van der Waals surface area contributed by atoms with E-state index in [-0.39, 0.29) is 17.8 Å². The predicted molar refractivity (Wildman–Crippen MR) is 123 cm³/mol. The molecule has 0 aliphatic heterocycles. The number of rotatable bonds is 6. The van der Waals surface area contributed by atoms with E-state index in [4.69, 9.17) is 4.74 Å². The summed E-state index contributed by atoms with van der Waals surface area (Å²) < 4.78 is 6.26. The topological polar surface area (TPSA) is 114 Å². The van der Waals surface area contributed by atoms with Crippen LogP contribution in [0.15, 0.2) is 47.3 Å². The Labute approximate surface area is 194 Å². The minimum atomic E-state index is -0.813. The lowest BCUT2D eigenvalue weighted by atomic mass is 9.89. The maximum atomic E-state index is 12.4. The SMILES string of the molecule is C[C@H]1CCc2c(sc(NC(=O)COC(=O)c3ccc(=O)n(Cc4ccccc4)n3)c2C#N)C1. The second-order valence-electron chi connectivity index (χ2n) is 7.99. The van der Waals surface area contributed by atoms with Crippen LogP contribution in [0.2, 0.25) is 0 Å². The molecule has 0 bridgehead atoms. The monoisotopic (exact) mass is 462 g/mol. The number of amides is 1. The third-order valence-electron chi connectivity index (χ3n) is 5.46. The zero-order chi connectivity index (χ0) is 23.4. The number of benzene rings is 1. The van der Waals surface area contributed by atoms with Crippen LogP contribution in [0.5, 0.6) is 0 Å². The van der Waals surface area contributed by atoms with Crippen LogP contribution in [0, 0.1) is 17.2 Å². The molecule has 3 aromatic rings. The number of nitrogens with one attached hydrogen (secondary N) is 1. The number of anilines is 1. The zero-order valence-corrected chi connectivity index (χ0v) is 18.9. The molecule has 1 N–H and O–H groups in total. The second kappa shape index (κ2) is 9.79. The highest BCUT2D eigenvalue weighted by Gasteiger charge is 2.25. The van der Waals surface area contributed by atoms with E-state index in [1.54, 1.807) is 0 Å². The fraction of sp³-hybridized carbons (Fsp3) is 0.292. The van der Waals surface area contributed by atoms with E-state index in [0.717, 1.165) is 35.3 Å². The summed E-state index contributed by atoms with van der Waals surface area (Å²) in [6, 6.07) is 14.0. The second-order valence-corrected chi connectivity index (χ2v) is 9.10. The van der Waals surface area contributed by atoms with Gasteiger partial charge in [0.2, 0.25) is 0 Å². The van der Waals surface area contributed by atoms with E-state index in [1.165, 1.54) is 28.2 Å². The van der Waals surface area contributed by atoms with E-state index in [1.807, 2.05) is 30.3 Å². The normalized spacial score (nSPS) is 14.7. The van der Waals surface area contributed by atoms with Crippen LogP contribution in [-0.4, -0.2) is 28.3 Å². The first-order chi connectivity index (χ1) is 15.9. The number of thiophene rings is 1. The summed E-state index contributed by atoms with van der Waals surface area (Å²) in [5, 5.41) is 16.8. The molecule has 0 unspecified atom stereocenters. The van der Waals surface area contributed by atoms with Crippen LogP contribution < -0.4 is 10.9 Å². The number of fused-ring (bicyclic) bond motifs is 1. The summed E-state index contributed by atoms with van der Waals surface area (Å²) in [6.07, 6.45) is 2.73. The average molecular weight is 463 g/mol. The summed E-state index contributed by atoms with van der Waals surface area (Å²) in [6.45, 7) is 1.85. The fourth-order valence-electron chi connectivity index (χ4n) is 3.75. The summed E-state index contributed by atoms with van der Waals surface area (Å²) in [5.74, 6) is -0.805. The predicted octanol–water partition coefficient (Wildman–Crippen LogP) is 3.15. The molecule has 4 rings (SSSR count). The molecule has 33 heavy (non-hydrogen) atoms. The molecule has 0 fully saturated rings. The van der Waals surface area contributed by atoms with E-state index < -0.39 is 18.5 Å². The van der Waals surface area contributed by atoms with Crippen molar-refractivity contribution < 1.29 is 14.3 Å². The number of hydrogen-bond acceptors (Lipinski definition) is 7. The molecule has 0 saturated carbocycles. The van der Waals surface area contributed by atoms with Crippen molar-refractivity contribution in [1.29, 1.82) is 5.26 Å². The lowest BCUT2D eigenvalue weighted by Gasteiger charge is -2.17. The van der Waals surface area contributed by atoms with Crippen LogP contribution >= 0.6 is 11.3 Å². The van der Waals surface area contributed by atoms with Gasteiger partial charge in [-0.3, -0.25) is 9.59 Å². The Morgan fingerprint density at radius 3 is 2.82 bits per heavy atom. The van der Waals surface area contributed by atoms with Crippen LogP contribution in [0.25, 0.3) is 0 Å². The van der Waals surface area contributed by atoms with Crippen molar-refractivity contribution in [3.05, 3.63) is 80.1 Å². The quantitative estimate of drug-likeness (QED) is 0.563. The van der Waals surface area contributed by atoms with Crippen molar-refractivity contribution in [2.75, 3.05) is 11.9 Å². The molecule has 0 spiro atoms. The van der Waals surface area contributed by atoms with Gasteiger partial charge in [0, 0.05) is 10.9 Å². The first-order valence-corrected chi connectivity index (χ1v) is 11.4. The van der Waals surface area contributed by atoms with Gasteiger partial charge < -0.3 is 10.1 Å². The lowest BCUT2D eigenvalue weighted by Crippen LogP contribution is -2.26. The largest absolute Gasteiger partial charge is 0.451 e. The Balaban J connectivity index is 1.39. The molecule has 168 valence electrons. The number of nitriles is 1. The molecule has 2 heterocycles. The number of carbonyl (C=O) groups is 2. The molecule has 1 amide bonds. The van der Waals surface area contributed by atoms with Crippen molar-refractivity contribution in [3.63, 3.8) is 0 Å². The minimum Gasteiger partial charge on any atom is -0.451 e. The lowest BCUT2D eigenvalue weighted by molar-refractivity contribution is -0.119.